The van der Waals surface area contributed by atoms with E-state index in [1.165, 1.54) is 23.1 Å². The zero-order valence-corrected chi connectivity index (χ0v) is 25.7. The Labute approximate surface area is 256 Å². The van der Waals surface area contributed by atoms with Crippen molar-refractivity contribution < 1.29 is 18.0 Å². The Morgan fingerprint density at radius 1 is 0.902 bits per heavy atom. The van der Waals surface area contributed by atoms with Gasteiger partial charge in [-0.3, -0.25) is 13.9 Å². The van der Waals surface area contributed by atoms with E-state index in [2.05, 4.69) is 5.32 Å². The molecule has 1 aliphatic carbocycles. The minimum Gasteiger partial charge on any atom is -0.352 e. The Morgan fingerprint density at radius 3 is 2.27 bits per heavy atom. The normalized spacial score (nSPS) is 14.7. The van der Waals surface area contributed by atoms with Crippen molar-refractivity contribution in [2.24, 2.45) is 0 Å². The van der Waals surface area contributed by atoms with Crippen LogP contribution in [0, 0.1) is 0 Å². The van der Waals surface area contributed by atoms with Crippen LogP contribution in [0.15, 0.2) is 77.7 Å². The van der Waals surface area contributed by atoms with Crippen molar-refractivity contribution in [3.63, 3.8) is 0 Å². The van der Waals surface area contributed by atoms with Gasteiger partial charge in [0.2, 0.25) is 11.8 Å². The standard InChI is InChI=1S/C30H32Cl3N3O4S/c1-21(30(38)34-24-10-4-2-5-11-24)35(19-22-15-16-27(32)28(33)17-22)29(37)20-36(25-12-8-9-23(31)18-25)41(39,40)26-13-6-3-7-14-26/h3,6-9,12-18,21,24H,2,4-5,10-11,19-20H2,1H3,(H,34,38). The molecule has 3 aromatic rings. The zero-order valence-electron chi connectivity index (χ0n) is 22.6. The van der Waals surface area contributed by atoms with E-state index in [1.54, 1.807) is 61.5 Å². The summed E-state index contributed by atoms with van der Waals surface area (Å²) in [6, 6.07) is 18.3. The summed E-state index contributed by atoms with van der Waals surface area (Å²) in [6.45, 7) is 1.10. The number of rotatable bonds is 10. The van der Waals surface area contributed by atoms with Gasteiger partial charge in [0.25, 0.3) is 10.0 Å². The van der Waals surface area contributed by atoms with Gasteiger partial charge in [0, 0.05) is 17.6 Å². The Balaban J connectivity index is 1.68. The van der Waals surface area contributed by atoms with Crippen LogP contribution in [-0.2, 0) is 26.2 Å². The molecule has 1 unspecified atom stereocenters. The molecule has 1 fully saturated rings. The highest BCUT2D eigenvalue weighted by Crippen LogP contribution is 2.28. The molecule has 4 rings (SSSR count). The van der Waals surface area contributed by atoms with E-state index < -0.39 is 28.5 Å². The fraction of sp³-hybridized carbons (Fsp3) is 0.333. The van der Waals surface area contributed by atoms with Crippen molar-refractivity contribution >= 4 is 62.3 Å². The predicted octanol–water partition coefficient (Wildman–Crippen LogP) is 6.71. The molecule has 1 aliphatic rings. The number of sulfonamides is 1. The molecule has 0 aliphatic heterocycles. The number of nitrogens with zero attached hydrogens (tertiary/aromatic N) is 2. The summed E-state index contributed by atoms with van der Waals surface area (Å²) in [6.07, 6.45) is 4.99. The first kappa shape index (κ1) is 31.2. The number of halogens is 3. The number of amides is 2. The van der Waals surface area contributed by atoms with Gasteiger partial charge in [-0.1, -0.05) is 84.4 Å². The van der Waals surface area contributed by atoms with E-state index in [9.17, 15) is 18.0 Å². The quantitative estimate of drug-likeness (QED) is 0.268. The van der Waals surface area contributed by atoms with Gasteiger partial charge in [0.1, 0.15) is 12.6 Å². The predicted molar refractivity (Wildman–Crippen MR) is 164 cm³/mol. The lowest BCUT2D eigenvalue weighted by molar-refractivity contribution is -0.139. The maximum atomic E-state index is 14.0. The van der Waals surface area contributed by atoms with E-state index in [0.717, 1.165) is 36.4 Å². The lowest BCUT2D eigenvalue weighted by Gasteiger charge is -2.33. The first-order chi connectivity index (χ1) is 19.6. The molecule has 0 saturated heterocycles. The Hall–Kier alpha value is -2.78. The topological polar surface area (TPSA) is 86.8 Å². The van der Waals surface area contributed by atoms with Gasteiger partial charge in [0.05, 0.1) is 20.6 Å². The van der Waals surface area contributed by atoms with Crippen LogP contribution < -0.4 is 9.62 Å². The van der Waals surface area contributed by atoms with Gasteiger partial charge in [-0.25, -0.2) is 8.42 Å². The molecule has 11 heteroatoms. The van der Waals surface area contributed by atoms with Crippen molar-refractivity contribution in [2.45, 2.75) is 62.6 Å². The van der Waals surface area contributed by atoms with E-state index in [-0.39, 0.29) is 29.1 Å². The first-order valence-electron chi connectivity index (χ1n) is 13.4. The summed E-state index contributed by atoms with van der Waals surface area (Å²) < 4.78 is 28.6. The van der Waals surface area contributed by atoms with Gasteiger partial charge in [-0.05, 0) is 67.8 Å². The molecule has 41 heavy (non-hydrogen) atoms. The fourth-order valence-corrected chi connectivity index (χ4v) is 6.80. The number of benzene rings is 3. The average molecular weight is 637 g/mol. The molecule has 0 heterocycles. The van der Waals surface area contributed by atoms with Crippen LogP contribution in [0.4, 0.5) is 5.69 Å². The van der Waals surface area contributed by atoms with Gasteiger partial charge in [-0.15, -0.1) is 0 Å². The molecule has 0 bridgehead atoms. The summed E-state index contributed by atoms with van der Waals surface area (Å²) in [5.74, 6) is -0.868. The Morgan fingerprint density at radius 2 is 1.61 bits per heavy atom. The SMILES string of the molecule is CC(C(=O)NC1CCCCC1)N(Cc1ccc(Cl)c(Cl)c1)C(=O)CN(c1cccc(Cl)c1)S(=O)(=O)c1ccccc1. The molecule has 0 aromatic heterocycles. The molecule has 1 N–H and O–H groups in total. The molecule has 2 amide bonds. The molecule has 1 atom stereocenters. The molecular weight excluding hydrogens is 605 g/mol. The van der Waals surface area contributed by atoms with Crippen molar-refractivity contribution in [1.29, 1.82) is 0 Å². The van der Waals surface area contributed by atoms with E-state index in [1.807, 2.05) is 0 Å². The minimum absolute atomic E-state index is 0.0176. The smallest absolute Gasteiger partial charge is 0.264 e. The van der Waals surface area contributed by atoms with Crippen LogP contribution in [0.5, 0.6) is 0 Å². The summed E-state index contributed by atoms with van der Waals surface area (Å²) in [5.41, 5.74) is 0.869. The number of nitrogens with one attached hydrogen (secondary N) is 1. The van der Waals surface area contributed by atoms with Crippen LogP contribution in [-0.4, -0.2) is 43.8 Å². The van der Waals surface area contributed by atoms with Crippen LogP contribution in [0.3, 0.4) is 0 Å². The summed E-state index contributed by atoms with van der Waals surface area (Å²) in [4.78, 5) is 28.8. The molecule has 3 aromatic carbocycles. The highest BCUT2D eigenvalue weighted by atomic mass is 35.5. The number of hydrogen-bond donors (Lipinski definition) is 1. The summed E-state index contributed by atoms with van der Waals surface area (Å²) in [7, 11) is -4.17. The van der Waals surface area contributed by atoms with Crippen LogP contribution in [0.25, 0.3) is 0 Å². The second-order valence-electron chi connectivity index (χ2n) is 10.1. The zero-order chi connectivity index (χ0) is 29.6. The Kier molecular flexibility index (Phi) is 10.6. The van der Waals surface area contributed by atoms with Gasteiger partial charge in [0.15, 0.2) is 0 Å². The van der Waals surface area contributed by atoms with E-state index in [4.69, 9.17) is 34.8 Å². The molecule has 0 radical (unpaired) electrons. The van der Waals surface area contributed by atoms with Crippen LogP contribution in [0.2, 0.25) is 15.1 Å². The highest BCUT2D eigenvalue weighted by Gasteiger charge is 2.33. The van der Waals surface area contributed by atoms with Gasteiger partial charge >= 0.3 is 0 Å². The largest absolute Gasteiger partial charge is 0.352 e. The molecular formula is C30H32Cl3N3O4S. The van der Waals surface area contributed by atoms with Gasteiger partial charge < -0.3 is 10.2 Å². The third-order valence-corrected chi connectivity index (χ3v) is 9.92. The molecule has 0 spiro atoms. The Bertz CT molecular complexity index is 1480. The van der Waals surface area contributed by atoms with E-state index >= 15 is 0 Å². The maximum Gasteiger partial charge on any atom is 0.264 e. The highest BCUT2D eigenvalue weighted by molar-refractivity contribution is 7.92. The van der Waals surface area contributed by atoms with Crippen LogP contribution >= 0.6 is 34.8 Å². The number of hydrogen-bond acceptors (Lipinski definition) is 4. The molecule has 7 nitrogen and oxygen atoms in total. The number of anilines is 1. The maximum absolute atomic E-state index is 14.0. The average Bonchev–Trinajstić information content (AvgIpc) is 2.96. The summed E-state index contributed by atoms with van der Waals surface area (Å²) >= 11 is 18.5. The van der Waals surface area contributed by atoms with Crippen molar-refractivity contribution in [3.8, 4) is 0 Å². The van der Waals surface area contributed by atoms with Crippen molar-refractivity contribution in [2.75, 3.05) is 10.8 Å². The minimum atomic E-state index is -4.17. The number of carbonyl (C=O) groups is 2. The molecule has 218 valence electrons. The lowest BCUT2D eigenvalue weighted by Crippen LogP contribution is -2.53. The third-order valence-electron chi connectivity index (χ3n) is 7.16. The van der Waals surface area contributed by atoms with E-state index in [0.29, 0.717) is 20.6 Å². The van der Waals surface area contributed by atoms with Crippen LogP contribution in [0.1, 0.15) is 44.6 Å². The first-order valence-corrected chi connectivity index (χ1v) is 16.0. The van der Waals surface area contributed by atoms with Gasteiger partial charge in [-0.2, -0.15) is 0 Å². The monoisotopic (exact) mass is 635 g/mol. The third kappa shape index (κ3) is 7.95. The summed E-state index contributed by atoms with van der Waals surface area (Å²) in [5, 5.41) is 4.06. The van der Waals surface area contributed by atoms with Crippen molar-refractivity contribution in [3.05, 3.63) is 93.4 Å². The second-order valence-corrected chi connectivity index (χ2v) is 13.2. The second kappa shape index (κ2) is 13.9. The number of carbonyl (C=O) groups excluding carboxylic acids is 2. The lowest BCUT2D eigenvalue weighted by atomic mass is 9.95. The van der Waals surface area contributed by atoms with Crippen molar-refractivity contribution in [1.82, 2.24) is 10.2 Å². The fourth-order valence-electron chi connectivity index (χ4n) is 4.87. The molecule has 1 saturated carbocycles.